The number of nitrogens with zero attached hydrogens (tertiary/aromatic N) is 1. The van der Waals surface area contributed by atoms with Gasteiger partial charge in [0, 0.05) is 36.5 Å². The average Bonchev–Trinajstić information content (AvgIpc) is 2.74. The van der Waals surface area contributed by atoms with Gasteiger partial charge in [-0.25, -0.2) is 0 Å². The molecular formula is C24H20ClNO3. The molecule has 5 rings (SSSR count). The van der Waals surface area contributed by atoms with Crippen LogP contribution < -0.4 is 4.74 Å². The van der Waals surface area contributed by atoms with Crippen molar-refractivity contribution in [3.63, 3.8) is 0 Å². The van der Waals surface area contributed by atoms with Crippen molar-refractivity contribution < 1.29 is 14.3 Å². The van der Waals surface area contributed by atoms with E-state index in [9.17, 15) is 9.59 Å². The number of likely N-dealkylation sites (tertiary alicyclic amines) is 1. The van der Waals surface area contributed by atoms with E-state index in [1.54, 1.807) is 18.2 Å². The van der Waals surface area contributed by atoms with Crippen molar-refractivity contribution in [2.24, 2.45) is 0 Å². The fraction of sp³-hybridized carbons (Fsp3) is 0.250. The summed E-state index contributed by atoms with van der Waals surface area (Å²) in [6.45, 7) is 1.14. The molecule has 3 aromatic carbocycles. The molecule has 0 aliphatic carbocycles. The number of amides is 1. The summed E-state index contributed by atoms with van der Waals surface area (Å²) in [7, 11) is 0. The van der Waals surface area contributed by atoms with Crippen LogP contribution in [0.5, 0.6) is 5.75 Å². The molecule has 1 fully saturated rings. The first-order valence-electron chi connectivity index (χ1n) is 9.84. The average molecular weight is 406 g/mol. The lowest BCUT2D eigenvalue weighted by molar-refractivity contribution is -0.00565. The number of hydrogen-bond acceptors (Lipinski definition) is 3. The largest absolute Gasteiger partial charge is 0.486 e. The second kappa shape index (κ2) is 6.89. The first-order valence-corrected chi connectivity index (χ1v) is 10.2. The van der Waals surface area contributed by atoms with Crippen molar-refractivity contribution in [1.82, 2.24) is 4.90 Å². The number of Topliss-reactive ketones (excluding diaryl/α,β-unsaturated/α-hetero) is 1. The van der Waals surface area contributed by atoms with Crippen LogP contribution >= 0.6 is 11.6 Å². The molecule has 2 heterocycles. The minimum absolute atomic E-state index is 0.0333. The minimum atomic E-state index is -0.534. The minimum Gasteiger partial charge on any atom is -0.486 e. The summed E-state index contributed by atoms with van der Waals surface area (Å²) in [6.07, 6.45) is 1.60. The monoisotopic (exact) mass is 405 g/mol. The molecule has 4 nitrogen and oxygen atoms in total. The molecule has 0 unspecified atom stereocenters. The van der Waals surface area contributed by atoms with Crippen molar-refractivity contribution in [1.29, 1.82) is 0 Å². The number of ketones is 1. The van der Waals surface area contributed by atoms with Crippen LogP contribution in [0, 0.1) is 0 Å². The van der Waals surface area contributed by atoms with Crippen LogP contribution in [0.3, 0.4) is 0 Å². The Morgan fingerprint density at radius 2 is 1.76 bits per heavy atom. The standard InChI is InChI=1S/C24H20ClNO3/c25-17-8-9-22-20(14-17)21(27)15-24(29-22)10-12-26(13-11-24)23(28)19-7-3-5-16-4-1-2-6-18(16)19/h1-9,14H,10-13,15H2. The molecule has 0 N–H and O–H groups in total. The molecule has 0 saturated carbocycles. The van der Waals surface area contributed by atoms with Crippen LogP contribution in [-0.4, -0.2) is 35.3 Å². The molecule has 1 spiro atoms. The van der Waals surface area contributed by atoms with E-state index in [-0.39, 0.29) is 11.7 Å². The third-order valence-electron chi connectivity index (χ3n) is 6.03. The number of halogens is 1. The first kappa shape index (κ1) is 18.2. The van der Waals surface area contributed by atoms with Crippen LogP contribution in [0.2, 0.25) is 5.02 Å². The molecule has 5 heteroatoms. The van der Waals surface area contributed by atoms with Crippen molar-refractivity contribution >= 4 is 34.1 Å². The summed E-state index contributed by atoms with van der Waals surface area (Å²) in [5.74, 6) is 0.688. The van der Waals surface area contributed by atoms with E-state index in [0.29, 0.717) is 48.7 Å². The highest BCUT2D eigenvalue weighted by atomic mass is 35.5. The van der Waals surface area contributed by atoms with Gasteiger partial charge in [0.15, 0.2) is 5.78 Å². The Morgan fingerprint density at radius 3 is 2.59 bits per heavy atom. The number of benzene rings is 3. The molecule has 146 valence electrons. The Morgan fingerprint density at radius 1 is 1.00 bits per heavy atom. The molecule has 0 radical (unpaired) electrons. The maximum absolute atomic E-state index is 13.2. The van der Waals surface area contributed by atoms with Crippen molar-refractivity contribution in [3.05, 3.63) is 76.8 Å². The molecular weight excluding hydrogens is 386 g/mol. The Hall–Kier alpha value is -2.85. The molecule has 0 atom stereocenters. The fourth-order valence-electron chi connectivity index (χ4n) is 4.44. The van der Waals surface area contributed by atoms with Crippen molar-refractivity contribution in [2.75, 3.05) is 13.1 Å². The quantitative estimate of drug-likeness (QED) is 0.563. The van der Waals surface area contributed by atoms with E-state index in [2.05, 4.69) is 0 Å². The lowest BCUT2D eigenvalue weighted by atomic mass is 9.82. The van der Waals surface area contributed by atoms with E-state index in [1.165, 1.54) is 0 Å². The number of ether oxygens (including phenoxy) is 1. The third-order valence-corrected chi connectivity index (χ3v) is 6.27. The lowest BCUT2D eigenvalue weighted by Crippen LogP contribution is -2.52. The second-order valence-electron chi connectivity index (χ2n) is 7.84. The zero-order chi connectivity index (χ0) is 20.0. The fourth-order valence-corrected chi connectivity index (χ4v) is 4.62. The van der Waals surface area contributed by atoms with Gasteiger partial charge in [-0.05, 0) is 35.0 Å². The highest BCUT2D eigenvalue weighted by molar-refractivity contribution is 6.31. The third kappa shape index (κ3) is 3.18. The Kier molecular flexibility index (Phi) is 4.32. The number of carbonyl (C=O) groups is 2. The lowest BCUT2D eigenvalue weighted by Gasteiger charge is -2.44. The summed E-state index contributed by atoms with van der Waals surface area (Å²) in [5, 5.41) is 2.56. The smallest absolute Gasteiger partial charge is 0.254 e. The Balaban J connectivity index is 1.36. The van der Waals surface area contributed by atoms with Crippen molar-refractivity contribution in [3.8, 4) is 5.75 Å². The normalized spacial score (nSPS) is 17.8. The van der Waals surface area contributed by atoms with Gasteiger partial charge in [-0.15, -0.1) is 0 Å². The van der Waals surface area contributed by atoms with Gasteiger partial charge in [0.05, 0.1) is 12.0 Å². The molecule has 0 aromatic heterocycles. The highest BCUT2D eigenvalue weighted by Gasteiger charge is 2.43. The van der Waals surface area contributed by atoms with Crippen LogP contribution in [0.25, 0.3) is 10.8 Å². The molecule has 1 amide bonds. The van der Waals surface area contributed by atoms with Crippen molar-refractivity contribution in [2.45, 2.75) is 24.9 Å². The molecule has 3 aromatic rings. The number of fused-ring (bicyclic) bond motifs is 2. The van der Waals surface area contributed by atoms with E-state index in [4.69, 9.17) is 16.3 Å². The summed E-state index contributed by atoms with van der Waals surface area (Å²) in [4.78, 5) is 27.7. The summed E-state index contributed by atoms with van der Waals surface area (Å²) >= 11 is 6.02. The second-order valence-corrected chi connectivity index (χ2v) is 8.28. The van der Waals surface area contributed by atoms with E-state index >= 15 is 0 Å². The molecule has 1 saturated heterocycles. The number of piperidine rings is 1. The van der Waals surface area contributed by atoms with E-state index < -0.39 is 5.60 Å². The van der Waals surface area contributed by atoms with Crippen LogP contribution in [0.15, 0.2) is 60.7 Å². The van der Waals surface area contributed by atoms with Gasteiger partial charge < -0.3 is 9.64 Å². The van der Waals surface area contributed by atoms with Crippen LogP contribution in [-0.2, 0) is 0 Å². The highest BCUT2D eigenvalue weighted by Crippen LogP contribution is 2.40. The summed E-state index contributed by atoms with van der Waals surface area (Å²) < 4.78 is 6.27. The molecule has 29 heavy (non-hydrogen) atoms. The maximum atomic E-state index is 13.2. The van der Waals surface area contributed by atoms with Crippen LogP contribution in [0.4, 0.5) is 0 Å². The van der Waals surface area contributed by atoms with Gasteiger partial charge in [-0.2, -0.15) is 0 Å². The summed E-state index contributed by atoms with van der Waals surface area (Å²) in [6, 6.07) is 18.9. The van der Waals surface area contributed by atoms with Gasteiger partial charge in [0.2, 0.25) is 0 Å². The molecule has 2 aliphatic heterocycles. The number of hydrogen-bond donors (Lipinski definition) is 0. The van der Waals surface area contributed by atoms with Gasteiger partial charge in [-0.3, -0.25) is 9.59 Å². The van der Waals surface area contributed by atoms with Gasteiger partial charge in [0.25, 0.3) is 5.91 Å². The predicted molar refractivity (Wildman–Crippen MR) is 113 cm³/mol. The van der Waals surface area contributed by atoms with E-state index in [1.807, 2.05) is 47.4 Å². The number of rotatable bonds is 1. The van der Waals surface area contributed by atoms with Gasteiger partial charge >= 0.3 is 0 Å². The first-order chi connectivity index (χ1) is 14.0. The zero-order valence-electron chi connectivity index (χ0n) is 15.9. The van der Waals surface area contributed by atoms with Gasteiger partial charge in [-0.1, -0.05) is 48.0 Å². The van der Waals surface area contributed by atoms with Crippen LogP contribution in [0.1, 0.15) is 40.0 Å². The Labute approximate surface area is 174 Å². The van der Waals surface area contributed by atoms with Gasteiger partial charge in [0.1, 0.15) is 11.4 Å². The topological polar surface area (TPSA) is 46.6 Å². The Bertz CT molecular complexity index is 1130. The SMILES string of the molecule is O=C1CC2(CCN(C(=O)c3cccc4ccccc34)CC2)Oc2ccc(Cl)cc21. The molecule has 0 bridgehead atoms. The number of carbonyl (C=O) groups excluding carboxylic acids is 2. The molecule has 2 aliphatic rings. The zero-order valence-corrected chi connectivity index (χ0v) is 16.6. The predicted octanol–water partition coefficient (Wildman–Crippen LogP) is 5.13. The maximum Gasteiger partial charge on any atom is 0.254 e. The summed E-state index contributed by atoms with van der Waals surface area (Å²) in [5.41, 5.74) is 0.741. The van der Waals surface area contributed by atoms with E-state index in [0.717, 1.165) is 16.3 Å².